The predicted octanol–water partition coefficient (Wildman–Crippen LogP) is 4.91. The van der Waals surface area contributed by atoms with E-state index in [1.54, 1.807) is 25.3 Å². The number of ether oxygens (including phenoxy) is 3. The number of carbonyl (C=O) groups excluding carboxylic acids is 2. The molecule has 0 radical (unpaired) electrons. The number of likely N-dealkylation sites (tertiary alicyclic amines) is 1. The number of nitrogens with zero attached hydrogens (tertiary/aromatic N) is 5. The SMILES string of the molecule is CCN(C(=O)c1cc(F)ccc1Oc1cncnc1N1CC2(CCN(C[C@H]3CC[C@]4(CC3)CC(COC)(COC)C(=O)N4)CC2)C1)C(C)C. The Kier molecular flexibility index (Phi) is 10.5. The molecule has 4 fully saturated rings. The van der Waals surface area contributed by atoms with Crippen molar-refractivity contribution in [2.75, 3.05) is 71.6 Å². The minimum atomic E-state index is -0.583. The average molecular weight is 681 g/mol. The third kappa shape index (κ3) is 7.28. The van der Waals surface area contributed by atoms with Crippen LogP contribution in [0.15, 0.2) is 30.7 Å². The van der Waals surface area contributed by atoms with Crippen LogP contribution in [0, 0.1) is 22.6 Å². The van der Waals surface area contributed by atoms with Crippen LogP contribution in [0.2, 0.25) is 0 Å². The first-order chi connectivity index (χ1) is 23.5. The summed E-state index contributed by atoms with van der Waals surface area (Å²) in [4.78, 5) is 41.7. The molecule has 0 bridgehead atoms. The normalized spacial score (nSPS) is 24.7. The van der Waals surface area contributed by atoms with Crippen LogP contribution in [-0.2, 0) is 14.3 Å². The third-order valence-corrected chi connectivity index (χ3v) is 11.5. The molecule has 1 N–H and O–H groups in total. The highest BCUT2D eigenvalue weighted by atomic mass is 19.1. The molecular formula is C37H53FN6O5. The number of rotatable bonds is 12. The molecule has 3 aliphatic heterocycles. The maximum absolute atomic E-state index is 14.3. The molecule has 2 spiro atoms. The van der Waals surface area contributed by atoms with E-state index in [1.165, 1.54) is 24.5 Å². The third-order valence-electron chi connectivity index (χ3n) is 11.5. The topological polar surface area (TPSA) is 109 Å². The summed E-state index contributed by atoms with van der Waals surface area (Å²) < 4.78 is 31.5. The fourth-order valence-electron chi connectivity index (χ4n) is 8.89. The van der Waals surface area contributed by atoms with Crippen LogP contribution in [0.4, 0.5) is 10.2 Å². The highest BCUT2D eigenvalue weighted by molar-refractivity contribution is 5.97. The molecule has 4 aliphatic rings. The van der Waals surface area contributed by atoms with E-state index in [-0.39, 0.29) is 34.4 Å². The fraction of sp³-hybridized carbons (Fsp3) is 0.676. The van der Waals surface area contributed by atoms with Crippen molar-refractivity contribution in [2.24, 2.45) is 16.7 Å². The number of methoxy groups -OCH3 is 2. The molecule has 3 saturated heterocycles. The smallest absolute Gasteiger partial charge is 0.257 e. The lowest BCUT2D eigenvalue weighted by Crippen LogP contribution is -2.61. The van der Waals surface area contributed by atoms with E-state index in [0.717, 1.165) is 77.7 Å². The van der Waals surface area contributed by atoms with Crippen LogP contribution >= 0.6 is 0 Å². The Morgan fingerprint density at radius 1 is 1.08 bits per heavy atom. The van der Waals surface area contributed by atoms with Gasteiger partial charge in [0.2, 0.25) is 5.91 Å². The molecule has 11 nitrogen and oxygen atoms in total. The minimum absolute atomic E-state index is 0.0348. The second-order valence-electron chi connectivity index (χ2n) is 15.3. The van der Waals surface area contributed by atoms with Gasteiger partial charge in [-0.15, -0.1) is 0 Å². The van der Waals surface area contributed by atoms with E-state index < -0.39 is 11.2 Å². The van der Waals surface area contributed by atoms with Gasteiger partial charge < -0.3 is 34.2 Å². The van der Waals surface area contributed by atoms with Crippen LogP contribution in [0.3, 0.4) is 0 Å². The zero-order valence-corrected chi connectivity index (χ0v) is 29.8. The highest BCUT2D eigenvalue weighted by Gasteiger charge is 2.55. The van der Waals surface area contributed by atoms with Crippen LogP contribution in [0.5, 0.6) is 11.5 Å². The largest absolute Gasteiger partial charge is 0.451 e. The molecule has 49 heavy (non-hydrogen) atoms. The van der Waals surface area contributed by atoms with Crippen LogP contribution in [0.25, 0.3) is 0 Å². The number of nitrogens with one attached hydrogen (secondary N) is 1. The van der Waals surface area contributed by atoms with Gasteiger partial charge in [-0.1, -0.05) is 0 Å². The molecule has 6 rings (SSSR count). The van der Waals surface area contributed by atoms with E-state index in [1.807, 2.05) is 20.8 Å². The van der Waals surface area contributed by atoms with Gasteiger partial charge in [-0.3, -0.25) is 9.59 Å². The zero-order valence-electron chi connectivity index (χ0n) is 29.8. The van der Waals surface area contributed by atoms with E-state index in [0.29, 0.717) is 43.0 Å². The summed E-state index contributed by atoms with van der Waals surface area (Å²) in [5.74, 6) is 1.39. The van der Waals surface area contributed by atoms with Gasteiger partial charge in [0.05, 0.1) is 30.4 Å². The first-order valence-electron chi connectivity index (χ1n) is 17.9. The summed E-state index contributed by atoms with van der Waals surface area (Å²) in [5.41, 5.74) is -0.289. The Morgan fingerprint density at radius 3 is 2.41 bits per heavy atom. The Bertz CT molecular complexity index is 1480. The summed E-state index contributed by atoms with van der Waals surface area (Å²) in [6.45, 7) is 12.1. The number of benzene rings is 1. The van der Waals surface area contributed by atoms with Crippen molar-refractivity contribution in [1.82, 2.24) is 25.1 Å². The van der Waals surface area contributed by atoms with Crippen molar-refractivity contribution in [3.63, 3.8) is 0 Å². The quantitative estimate of drug-likeness (QED) is 0.335. The summed E-state index contributed by atoms with van der Waals surface area (Å²) in [6.07, 6.45) is 10.5. The summed E-state index contributed by atoms with van der Waals surface area (Å²) >= 11 is 0. The van der Waals surface area contributed by atoms with Crippen molar-refractivity contribution in [1.29, 1.82) is 0 Å². The first-order valence-corrected chi connectivity index (χ1v) is 17.9. The number of hydrogen-bond acceptors (Lipinski definition) is 9. The molecular weight excluding hydrogens is 627 g/mol. The van der Waals surface area contributed by atoms with Gasteiger partial charge in [-0.05, 0) is 103 Å². The van der Waals surface area contributed by atoms with Gasteiger partial charge in [-0.25, -0.2) is 14.4 Å². The first kappa shape index (κ1) is 35.5. The molecule has 4 heterocycles. The number of amides is 2. The van der Waals surface area contributed by atoms with Crippen molar-refractivity contribution in [2.45, 2.75) is 77.3 Å². The Balaban J connectivity index is 1.02. The Labute approximate surface area is 289 Å². The Morgan fingerprint density at radius 2 is 1.78 bits per heavy atom. The average Bonchev–Trinajstić information content (AvgIpc) is 3.32. The zero-order chi connectivity index (χ0) is 34.8. The number of piperidine rings is 1. The molecule has 2 aromatic rings. The molecule has 0 unspecified atom stereocenters. The monoisotopic (exact) mass is 680 g/mol. The maximum Gasteiger partial charge on any atom is 0.257 e. The van der Waals surface area contributed by atoms with Crippen molar-refractivity contribution in [3.8, 4) is 11.5 Å². The highest BCUT2D eigenvalue weighted by Crippen LogP contribution is 2.47. The summed E-state index contributed by atoms with van der Waals surface area (Å²) in [6, 6.07) is 4.02. The number of aromatic nitrogens is 2. The van der Waals surface area contributed by atoms with E-state index in [9.17, 15) is 14.0 Å². The second-order valence-corrected chi connectivity index (χ2v) is 15.3. The van der Waals surface area contributed by atoms with E-state index in [2.05, 4.69) is 25.1 Å². The second kappa shape index (κ2) is 14.5. The maximum atomic E-state index is 14.3. The van der Waals surface area contributed by atoms with Gasteiger partial charge in [0.25, 0.3) is 5.91 Å². The molecule has 12 heteroatoms. The molecule has 0 atom stereocenters. The van der Waals surface area contributed by atoms with E-state index in [4.69, 9.17) is 14.2 Å². The molecule has 268 valence electrons. The number of halogens is 1. The van der Waals surface area contributed by atoms with Crippen molar-refractivity contribution in [3.05, 3.63) is 42.1 Å². The van der Waals surface area contributed by atoms with Gasteiger partial charge in [0.1, 0.15) is 17.9 Å². The van der Waals surface area contributed by atoms with Crippen molar-refractivity contribution < 1.29 is 28.2 Å². The Hall–Kier alpha value is -3.35. The molecule has 1 aromatic carbocycles. The van der Waals surface area contributed by atoms with Gasteiger partial charge in [-0.2, -0.15) is 0 Å². The lowest BCUT2D eigenvalue weighted by Gasteiger charge is -2.55. The van der Waals surface area contributed by atoms with Gasteiger partial charge >= 0.3 is 0 Å². The van der Waals surface area contributed by atoms with Crippen LogP contribution in [0.1, 0.15) is 76.1 Å². The number of anilines is 1. The fourth-order valence-corrected chi connectivity index (χ4v) is 8.89. The minimum Gasteiger partial charge on any atom is -0.451 e. The lowest BCUT2D eigenvalue weighted by molar-refractivity contribution is -0.133. The van der Waals surface area contributed by atoms with Crippen LogP contribution < -0.4 is 15.0 Å². The number of hydrogen-bond donors (Lipinski definition) is 1. The summed E-state index contributed by atoms with van der Waals surface area (Å²) in [5, 5.41) is 3.37. The van der Waals surface area contributed by atoms with E-state index >= 15 is 0 Å². The van der Waals surface area contributed by atoms with Gasteiger partial charge in [0, 0.05) is 57.4 Å². The summed E-state index contributed by atoms with van der Waals surface area (Å²) in [7, 11) is 3.31. The van der Waals surface area contributed by atoms with Crippen molar-refractivity contribution >= 4 is 17.6 Å². The lowest BCUT2D eigenvalue weighted by atomic mass is 9.70. The molecule has 1 aromatic heterocycles. The molecule has 1 saturated carbocycles. The standard InChI is InChI=1S/C37H53FN6O5/c1-6-44(26(2)3)33(45)29-17-28(38)7-8-30(29)49-31-18-39-25-40-32(31)43-21-35(22-43)13-15-42(16-14-35)19-27-9-11-37(12-10-27)20-36(23-47-4,24-48-5)34(46)41-37/h7-8,17-18,25-27H,6,9-16,19-24H2,1-5H3,(H,41,46)/t27-,37-. The van der Waals surface area contributed by atoms with Gasteiger partial charge in [0.15, 0.2) is 11.6 Å². The molecule has 2 amide bonds. The molecule has 1 aliphatic carbocycles. The van der Waals surface area contributed by atoms with Crippen LogP contribution in [-0.4, -0.2) is 110 Å². The predicted molar refractivity (Wildman–Crippen MR) is 184 cm³/mol. The number of carbonyl (C=O) groups is 2.